The molecule has 0 heterocycles. The normalized spacial score (nSPS) is 11.1. The molecule has 0 aliphatic heterocycles. The first-order valence-corrected chi connectivity index (χ1v) is 8.65. The molecule has 2 rings (SSSR count). The van der Waals surface area contributed by atoms with Gasteiger partial charge in [0.05, 0.1) is 23.1 Å². The molecule has 0 spiro atoms. The van der Waals surface area contributed by atoms with Crippen molar-refractivity contribution in [1.29, 1.82) is 5.26 Å². The molecule has 0 saturated heterocycles. The smallest absolute Gasteiger partial charge is 0.343 e. The average Bonchev–Trinajstić information content (AvgIpc) is 2.71. The Balaban J connectivity index is 1.81. The molecule has 0 fully saturated rings. The molecule has 2 aromatic carbocycles. The Morgan fingerprint density at radius 3 is 2.22 bits per heavy atom. The fourth-order valence-corrected chi connectivity index (χ4v) is 2.06. The Hall–Kier alpha value is -3.33. The molecular formula is C21H21NO5. The average molecular weight is 367 g/mol. The molecule has 0 saturated carbocycles. The summed E-state index contributed by atoms with van der Waals surface area (Å²) in [6.45, 7) is 4.15. The lowest BCUT2D eigenvalue weighted by atomic mass is 10.1. The quantitative estimate of drug-likeness (QED) is 0.401. The first-order valence-electron chi connectivity index (χ1n) is 8.65. The highest BCUT2D eigenvalue weighted by Crippen LogP contribution is 2.16. The van der Waals surface area contributed by atoms with Crippen LogP contribution in [0.4, 0.5) is 0 Å². The fourth-order valence-electron chi connectivity index (χ4n) is 2.06. The Morgan fingerprint density at radius 1 is 1.00 bits per heavy atom. The molecular weight excluding hydrogens is 346 g/mol. The summed E-state index contributed by atoms with van der Waals surface area (Å²) in [4.78, 5) is 23.7. The standard InChI is InChI=1S/C21H21NO5/c1-3-15(2)20(23)26-13-12-25-18-10-6-17(7-11-18)21(24)27-19-8-4-16(14-22)5-9-19/h4-11,15H,3,12-13H2,1-2H3. The number of ether oxygens (including phenoxy) is 3. The zero-order valence-corrected chi connectivity index (χ0v) is 15.3. The summed E-state index contributed by atoms with van der Waals surface area (Å²) in [5, 5.41) is 8.76. The van der Waals surface area contributed by atoms with Gasteiger partial charge in [-0.2, -0.15) is 5.26 Å². The predicted octanol–water partition coefficient (Wildman–Crippen LogP) is 3.75. The Labute approximate surface area is 158 Å². The zero-order valence-electron chi connectivity index (χ0n) is 15.3. The molecule has 2 aromatic rings. The third kappa shape index (κ3) is 6.15. The Morgan fingerprint density at radius 2 is 1.63 bits per heavy atom. The number of rotatable bonds is 8. The monoisotopic (exact) mass is 367 g/mol. The first kappa shape index (κ1) is 20.0. The number of nitriles is 1. The van der Waals surface area contributed by atoms with Gasteiger partial charge in [0.2, 0.25) is 0 Å². The molecule has 0 aliphatic rings. The second-order valence-corrected chi connectivity index (χ2v) is 5.88. The molecule has 6 nitrogen and oxygen atoms in total. The number of hydrogen-bond acceptors (Lipinski definition) is 6. The molecule has 0 aromatic heterocycles. The third-order valence-corrected chi connectivity index (χ3v) is 3.90. The number of nitrogens with zero attached hydrogens (tertiary/aromatic N) is 1. The number of carbonyl (C=O) groups is 2. The van der Waals surface area contributed by atoms with Gasteiger partial charge >= 0.3 is 11.9 Å². The summed E-state index contributed by atoms with van der Waals surface area (Å²) in [5.41, 5.74) is 0.862. The summed E-state index contributed by atoms with van der Waals surface area (Å²) >= 11 is 0. The van der Waals surface area contributed by atoms with E-state index in [1.807, 2.05) is 19.9 Å². The molecule has 0 aliphatic carbocycles. The van der Waals surface area contributed by atoms with E-state index in [-0.39, 0.29) is 25.1 Å². The highest BCUT2D eigenvalue weighted by molar-refractivity contribution is 5.91. The molecule has 1 atom stereocenters. The van der Waals surface area contributed by atoms with E-state index in [0.29, 0.717) is 22.6 Å². The topological polar surface area (TPSA) is 85.6 Å². The van der Waals surface area contributed by atoms with Crippen molar-refractivity contribution in [1.82, 2.24) is 0 Å². The van der Waals surface area contributed by atoms with Crippen molar-refractivity contribution in [2.24, 2.45) is 5.92 Å². The van der Waals surface area contributed by atoms with E-state index in [9.17, 15) is 9.59 Å². The van der Waals surface area contributed by atoms with E-state index >= 15 is 0 Å². The lowest BCUT2D eigenvalue weighted by Gasteiger charge is -2.10. The second-order valence-electron chi connectivity index (χ2n) is 5.88. The van der Waals surface area contributed by atoms with Crippen LogP contribution in [0.1, 0.15) is 36.2 Å². The van der Waals surface area contributed by atoms with Crippen LogP contribution in [-0.2, 0) is 9.53 Å². The van der Waals surface area contributed by atoms with Gasteiger partial charge in [-0.05, 0) is 55.0 Å². The van der Waals surface area contributed by atoms with E-state index in [0.717, 1.165) is 6.42 Å². The van der Waals surface area contributed by atoms with Crippen LogP contribution >= 0.6 is 0 Å². The number of hydrogen-bond donors (Lipinski definition) is 0. The van der Waals surface area contributed by atoms with Crippen LogP contribution in [0.5, 0.6) is 11.5 Å². The van der Waals surface area contributed by atoms with Crippen molar-refractivity contribution < 1.29 is 23.8 Å². The van der Waals surface area contributed by atoms with Gasteiger partial charge in [0.1, 0.15) is 24.7 Å². The van der Waals surface area contributed by atoms with E-state index in [4.69, 9.17) is 19.5 Å². The summed E-state index contributed by atoms with van der Waals surface area (Å²) < 4.78 is 15.8. The number of carbonyl (C=O) groups excluding carboxylic acids is 2. The van der Waals surface area contributed by atoms with Gasteiger partial charge in [-0.3, -0.25) is 4.79 Å². The van der Waals surface area contributed by atoms with Gasteiger partial charge in [0.15, 0.2) is 0 Å². The summed E-state index contributed by atoms with van der Waals surface area (Å²) in [6, 6.07) is 14.7. The van der Waals surface area contributed by atoms with Gasteiger partial charge in [-0.1, -0.05) is 13.8 Å². The van der Waals surface area contributed by atoms with Crippen molar-refractivity contribution >= 4 is 11.9 Å². The molecule has 6 heteroatoms. The maximum atomic E-state index is 12.1. The lowest BCUT2D eigenvalue weighted by Crippen LogP contribution is -2.17. The highest BCUT2D eigenvalue weighted by Gasteiger charge is 2.12. The van der Waals surface area contributed by atoms with Crippen molar-refractivity contribution in [3.05, 3.63) is 59.7 Å². The van der Waals surface area contributed by atoms with Crippen molar-refractivity contribution in [2.45, 2.75) is 20.3 Å². The van der Waals surface area contributed by atoms with Crippen molar-refractivity contribution in [3.8, 4) is 17.6 Å². The minimum Gasteiger partial charge on any atom is -0.490 e. The second kappa shape index (κ2) is 9.97. The Bertz CT molecular complexity index is 806. The number of benzene rings is 2. The predicted molar refractivity (Wildman–Crippen MR) is 98.5 cm³/mol. The molecule has 0 amide bonds. The maximum Gasteiger partial charge on any atom is 0.343 e. The van der Waals surface area contributed by atoms with E-state index in [2.05, 4.69) is 0 Å². The van der Waals surface area contributed by atoms with Gasteiger partial charge in [0, 0.05) is 0 Å². The molecule has 140 valence electrons. The van der Waals surface area contributed by atoms with Gasteiger partial charge in [0.25, 0.3) is 0 Å². The third-order valence-electron chi connectivity index (χ3n) is 3.90. The molecule has 27 heavy (non-hydrogen) atoms. The minimum atomic E-state index is -0.506. The zero-order chi connectivity index (χ0) is 19.6. The summed E-state index contributed by atoms with van der Waals surface area (Å²) in [6.07, 6.45) is 0.736. The van der Waals surface area contributed by atoms with Crippen LogP contribution in [0, 0.1) is 17.2 Å². The van der Waals surface area contributed by atoms with E-state index < -0.39 is 5.97 Å². The van der Waals surface area contributed by atoms with Crippen LogP contribution in [0.15, 0.2) is 48.5 Å². The highest BCUT2D eigenvalue weighted by atomic mass is 16.6. The molecule has 0 radical (unpaired) electrons. The van der Waals surface area contributed by atoms with Gasteiger partial charge in [-0.15, -0.1) is 0 Å². The van der Waals surface area contributed by atoms with Crippen LogP contribution in [-0.4, -0.2) is 25.2 Å². The van der Waals surface area contributed by atoms with Crippen LogP contribution < -0.4 is 9.47 Å². The number of esters is 2. The molecule has 0 N–H and O–H groups in total. The summed E-state index contributed by atoms with van der Waals surface area (Å²) in [7, 11) is 0. The van der Waals surface area contributed by atoms with E-state index in [1.165, 1.54) is 0 Å². The van der Waals surface area contributed by atoms with Gasteiger partial charge in [-0.25, -0.2) is 4.79 Å². The summed E-state index contributed by atoms with van der Waals surface area (Å²) in [5.74, 6) is 0.0640. The van der Waals surface area contributed by atoms with Crippen LogP contribution in [0.3, 0.4) is 0 Å². The van der Waals surface area contributed by atoms with Crippen LogP contribution in [0.2, 0.25) is 0 Å². The van der Waals surface area contributed by atoms with E-state index in [1.54, 1.807) is 48.5 Å². The lowest BCUT2D eigenvalue weighted by molar-refractivity contribution is -0.148. The fraction of sp³-hybridized carbons (Fsp3) is 0.286. The SMILES string of the molecule is CCC(C)C(=O)OCCOc1ccc(C(=O)Oc2ccc(C#N)cc2)cc1. The maximum absolute atomic E-state index is 12.1. The Kier molecular flexibility index (Phi) is 7.38. The molecule has 1 unspecified atom stereocenters. The van der Waals surface area contributed by atoms with Crippen molar-refractivity contribution in [2.75, 3.05) is 13.2 Å². The van der Waals surface area contributed by atoms with Crippen molar-refractivity contribution in [3.63, 3.8) is 0 Å². The molecule has 0 bridgehead atoms. The van der Waals surface area contributed by atoms with Gasteiger partial charge < -0.3 is 14.2 Å². The first-order chi connectivity index (χ1) is 13.0. The largest absolute Gasteiger partial charge is 0.490 e. The minimum absolute atomic E-state index is 0.119. The van der Waals surface area contributed by atoms with Crippen LogP contribution in [0.25, 0.3) is 0 Å².